The fourth-order valence-electron chi connectivity index (χ4n) is 17.9. The van der Waals surface area contributed by atoms with Crippen LogP contribution in [0, 0.1) is 47.3 Å². The van der Waals surface area contributed by atoms with Crippen molar-refractivity contribution in [3.63, 3.8) is 0 Å². The Bertz CT molecular complexity index is 1970. The largest absolute Gasteiger partial charge is 0.466 e. The van der Waals surface area contributed by atoms with Crippen LogP contribution in [0.2, 0.25) is 0 Å². The molecule has 0 aromatic carbocycles. The first-order valence-electron chi connectivity index (χ1n) is 50.0. The second-order valence-corrected chi connectivity index (χ2v) is 36.2. The van der Waals surface area contributed by atoms with Gasteiger partial charge < -0.3 is 38.2 Å². The van der Waals surface area contributed by atoms with Gasteiger partial charge in [-0.2, -0.15) is 0 Å². The van der Waals surface area contributed by atoms with Crippen molar-refractivity contribution in [1.82, 2.24) is 9.80 Å². The van der Waals surface area contributed by atoms with E-state index >= 15 is 0 Å². The lowest BCUT2D eigenvalue weighted by Gasteiger charge is -2.34. The van der Waals surface area contributed by atoms with Crippen LogP contribution in [0.4, 0.5) is 0 Å². The highest BCUT2D eigenvalue weighted by Gasteiger charge is 2.37. The van der Waals surface area contributed by atoms with E-state index in [2.05, 4.69) is 79.3 Å². The summed E-state index contributed by atoms with van der Waals surface area (Å²) in [6.45, 7) is 28.5. The molecule has 112 heavy (non-hydrogen) atoms. The lowest BCUT2D eigenvalue weighted by molar-refractivity contribution is -0.154. The van der Waals surface area contributed by atoms with Crippen LogP contribution in [-0.2, 0) is 47.6 Å². The SMILES string of the molecule is CCCCCC(CCCCC)CC(=O)OCCCCCCCCC(CCCCCCCCOC(=O)CC(CCCCC)CC(CCC)C(C(=O)OCCCCCCCCC(CCCCCCCCOC(=O)CC(CCCCC)CCCCC)COCCCN1CCCC1)C(CCCCC)CCCCC)COCCCN(C)C. The second kappa shape index (κ2) is 82.4. The molecule has 0 aromatic rings. The molecule has 0 radical (unpaired) electrons. The number of likely N-dealkylation sites (tertiary alicyclic amines) is 1. The quantitative estimate of drug-likeness (QED) is 0.0326. The zero-order valence-electron chi connectivity index (χ0n) is 76.8. The summed E-state index contributed by atoms with van der Waals surface area (Å²) < 4.78 is 36.8. The standard InChI is InChI=1S/C100H194N2O10/c1-11-19-42-62-89(63-43-20-12-2)84-96(103)109-79-55-38-30-26-34-49-66-91(87-107-77-59-73-101(9)10)67-50-35-28-32-40-57-81-111-98(105)86-93(70-46-23-15-5)83-95(61-18-8)99(94(71-47-24-16-6)72-48-25-17-7)100(106)112-82-58-41-33-29-37-52-69-92(88-108-78-60-76-102-74-53-54-75-102)68-51-36-27-31-39-56-80-110-97(104)85-90(64-44-21-13-3)65-45-22-14-4/h89-95,99H,11-88H2,1-10H3. The first-order valence-corrected chi connectivity index (χ1v) is 50.0. The molecule has 0 N–H and O–H groups in total. The van der Waals surface area contributed by atoms with Gasteiger partial charge in [-0.25, -0.2) is 0 Å². The Labute approximate surface area is 697 Å². The van der Waals surface area contributed by atoms with Gasteiger partial charge in [-0.3, -0.25) is 19.2 Å². The number of carbonyl (C=O) groups excluding carboxylic acids is 4. The average Bonchev–Trinajstić information content (AvgIpc) is 0.849. The average molecular weight is 1580 g/mol. The minimum Gasteiger partial charge on any atom is -0.466 e. The summed E-state index contributed by atoms with van der Waals surface area (Å²) in [7, 11) is 4.27. The van der Waals surface area contributed by atoms with Crippen LogP contribution in [0.3, 0.4) is 0 Å². The number of unbranched alkanes of at least 4 members (excludes halogenated alkanes) is 34. The molecule has 0 saturated carbocycles. The highest BCUT2D eigenvalue weighted by Crippen LogP contribution is 2.40. The number of ether oxygens (including phenoxy) is 6. The van der Waals surface area contributed by atoms with Gasteiger partial charge in [0.2, 0.25) is 0 Å². The maximum atomic E-state index is 14.9. The number of nitrogens with zero attached hydrogens (tertiary/aromatic N) is 2. The van der Waals surface area contributed by atoms with Gasteiger partial charge >= 0.3 is 23.9 Å². The summed E-state index contributed by atoms with van der Waals surface area (Å²) >= 11 is 0. The first kappa shape index (κ1) is 108. The number of hydrogen-bond acceptors (Lipinski definition) is 12. The van der Waals surface area contributed by atoms with Crippen molar-refractivity contribution < 1.29 is 47.6 Å². The minimum atomic E-state index is -0.121. The van der Waals surface area contributed by atoms with Crippen LogP contribution in [0.5, 0.6) is 0 Å². The van der Waals surface area contributed by atoms with Crippen molar-refractivity contribution in [3.8, 4) is 0 Å². The molecule has 1 fully saturated rings. The lowest BCUT2D eigenvalue weighted by Crippen LogP contribution is -2.35. The van der Waals surface area contributed by atoms with Gasteiger partial charge in [0.1, 0.15) is 0 Å². The van der Waals surface area contributed by atoms with Gasteiger partial charge in [0.25, 0.3) is 0 Å². The Kier molecular flexibility index (Phi) is 79.3. The predicted molar refractivity (Wildman–Crippen MR) is 479 cm³/mol. The molecule has 0 aliphatic carbocycles. The topological polar surface area (TPSA) is 130 Å². The Balaban J connectivity index is 2.76. The zero-order chi connectivity index (χ0) is 81.5. The summed E-state index contributed by atoms with van der Waals surface area (Å²) in [6.07, 6.45) is 75.8. The molecular weight excluding hydrogens is 1390 g/mol. The van der Waals surface area contributed by atoms with Gasteiger partial charge in [0, 0.05) is 52.2 Å². The van der Waals surface area contributed by atoms with Crippen molar-refractivity contribution in [2.24, 2.45) is 47.3 Å². The fourth-order valence-corrected chi connectivity index (χ4v) is 17.9. The number of hydrogen-bond donors (Lipinski definition) is 0. The molecule has 0 bridgehead atoms. The van der Waals surface area contributed by atoms with Crippen molar-refractivity contribution >= 4 is 23.9 Å². The van der Waals surface area contributed by atoms with Crippen LogP contribution in [0.25, 0.3) is 0 Å². The number of carbonyl (C=O) groups is 4. The molecule has 0 aromatic heterocycles. The molecule has 1 saturated heterocycles. The molecular formula is C100H194N2O10. The Morgan fingerprint density at radius 1 is 0.286 bits per heavy atom. The molecule has 1 heterocycles. The van der Waals surface area contributed by atoms with Gasteiger partial charge in [-0.05, 0) is 210 Å². The second-order valence-electron chi connectivity index (χ2n) is 36.2. The van der Waals surface area contributed by atoms with Crippen LogP contribution in [0.1, 0.15) is 479 Å². The number of rotatable bonds is 89. The van der Waals surface area contributed by atoms with Gasteiger partial charge in [-0.15, -0.1) is 0 Å². The summed E-state index contributed by atoms with van der Waals surface area (Å²) in [5.74, 6) is 2.88. The van der Waals surface area contributed by atoms with Gasteiger partial charge in [-0.1, -0.05) is 325 Å². The minimum absolute atomic E-state index is 0.0200. The fraction of sp³-hybridized carbons (Fsp3) is 0.960. The van der Waals surface area contributed by atoms with E-state index in [0.29, 0.717) is 75.3 Å². The van der Waals surface area contributed by atoms with Crippen LogP contribution in [-0.4, -0.2) is 127 Å². The third kappa shape index (κ3) is 67.6. The highest BCUT2D eigenvalue weighted by atomic mass is 16.5. The Hall–Kier alpha value is -2.28. The first-order chi connectivity index (χ1) is 54.9. The van der Waals surface area contributed by atoms with E-state index in [1.165, 1.54) is 276 Å². The molecule has 12 nitrogen and oxygen atoms in total. The summed E-state index contributed by atoms with van der Waals surface area (Å²) in [6, 6.07) is 0. The van der Waals surface area contributed by atoms with E-state index < -0.39 is 0 Å². The molecule has 1 aliphatic rings. The molecule has 664 valence electrons. The molecule has 1 rings (SSSR count). The zero-order valence-corrected chi connectivity index (χ0v) is 76.8. The van der Waals surface area contributed by atoms with Crippen molar-refractivity contribution in [1.29, 1.82) is 0 Å². The monoisotopic (exact) mass is 1580 g/mol. The Morgan fingerprint density at radius 2 is 0.580 bits per heavy atom. The normalized spacial score (nSPS) is 14.1. The predicted octanol–water partition coefficient (Wildman–Crippen LogP) is 28.9. The lowest BCUT2D eigenvalue weighted by atomic mass is 9.71. The van der Waals surface area contributed by atoms with Crippen LogP contribution >= 0.6 is 0 Å². The van der Waals surface area contributed by atoms with Crippen molar-refractivity contribution in [2.45, 2.75) is 479 Å². The molecule has 0 amide bonds. The molecule has 0 spiro atoms. The molecule has 5 unspecified atom stereocenters. The third-order valence-electron chi connectivity index (χ3n) is 25.0. The van der Waals surface area contributed by atoms with Gasteiger partial charge in [0.05, 0.1) is 32.3 Å². The smallest absolute Gasteiger partial charge is 0.309 e. The van der Waals surface area contributed by atoms with E-state index in [0.717, 1.165) is 181 Å². The molecule has 5 atom stereocenters. The van der Waals surface area contributed by atoms with Crippen LogP contribution in [0.15, 0.2) is 0 Å². The van der Waals surface area contributed by atoms with E-state index in [1.54, 1.807) is 0 Å². The summed E-state index contributed by atoms with van der Waals surface area (Å²) in [4.78, 5) is 59.1. The Morgan fingerprint density at radius 3 is 0.929 bits per heavy atom. The molecule has 1 aliphatic heterocycles. The third-order valence-corrected chi connectivity index (χ3v) is 25.0. The maximum Gasteiger partial charge on any atom is 0.309 e. The summed E-state index contributed by atoms with van der Waals surface area (Å²) in [5, 5.41) is 0. The van der Waals surface area contributed by atoms with Gasteiger partial charge in [0.15, 0.2) is 0 Å². The van der Waals surface area contributed by atoms with E-state index in [9.17, 15) is 19.2 Å². The number of esters is 4. The van der Waals surface area contributed by atoms with E-state index in [-0.39, 0.29) is 41.6 Å². The van der Waals surface area contributed by atoms with Crippen molar-refractivity contribution in [3.05, 3.63) is 0 Å². The van der Waals surface area contributed by atoms with Crippen LogP contribution < -0.4 is 0 Å². The highest BCUT2D eigenvalue weighted by molar-refractivity contribution is 5.73. The molecule has 12 heteroatoms. The van der Waals surface area contributed by atoms with E-state index in [1.807, 2.05) is 0 Å². The summed E-state index contributed by atoms with van der Waals surface area (Å²) in [5.41, 5.74) is 0. The maximum absolute atomic E-state index is 14.9. The van der Waals surface area contributed by atoms with E-state index in [4.69, 9.17) is 28.4 Å². The van der Waals surface area contributed by atoms with Crippen molar-refractivity contribution in [2.75, 3.05) is 93.1 Å².